The van der Waals surface area contributed by atoms with Gasteiger partial charge < -0.3 is 4.57 Å². The molecule has 0 saturated heterocycles. The third kappa shape index (κ3) is 2.62. The van der Waals surface area contributed by atoms with Crippen LogP contribution in [0.1, 0.15) is 36.6 Å². The average Bonchev–Trinajstić information content (AvgIpc) is 2.97. The Balaban J connectivity index is 1.70. The van der Waals surface area contributed by atoms with Crippen molar-refractivity contribution in [2.45, 2.75) is 31.7 Å². The molecule has 4 aromatic rings. The van der Waals surface area contributed by atoms with E-state index in [9.17, 15) is 8.78 Å². The zero-order valence-corrected chi connectivity index (χ0v) is 15.7. The molecule has 0 unspecified atom stereocenters. The minimum Gasteiger partial charge on any atom is -0.306 e. The first kappa shape index (κ1) is 16.7. The van der Waals surface area contributed by atoms with Crippen LogP contribution in [-0.2, 0) is 6.54 Å². The van der Waals surface area contributed by atoms with Gasteiger partial charge in [-0.2, -0.15) is 0 Å². The van der Waals surface area contributed by atoms with Crippen LogP contribution in [0.2, 0.25) is 0 Å². The maximum atomic E-state index is 14.4. The van der Waals surface area contributed by atoms with Crippen molar-refractivity contribution in [3.63, 3.8) is 0 Å². The van der Waals surface area contributed by atoms with Gasteiger partial charge in [0.15, 0.2) is 22.9 Å². The summed E-state index contributed by atoms with van der Waals surface area (Å²) in [5.74, 6) is -0.467. The Labute approximate surface area is 161 Å². The van der Waals surface area contributed by atoms with E-state index in [1.54, 1.807) is 24.7 Å². The van der Waals surface area contributed by atoms with Crippen LogP contribution in [0, 0.1) is 11.6 Å². The fourth-order valence-electron chi connectivity index (χ4n) is 3.59. The molecule has 3 heterocycles. The van der Waals surface area contributed by atoms with Crippen molar-refractivity contribution in [3.8, 4) is 0 Å². The van der Waals surface area contributed by atoms with Crippen LogP contribution in [-0.4, -0.2) is 24.5 Å². The molecule has 5 nitrogen and oxygen atoms in total. The SMILES string of the molecule is Fc1ccc2c(Cn3c(C4CCC4)nc4nccnc43)cnc(Br)c2c1F. The van der Waals surface area contributed by atoms with E-state index in [0.717, 1.165) is 30.3 Å². The van der Waals surface area contributed by atoms with Gasteiger partial charge in [0.25, 0.3) is 0 Å². The summed E-state index contributed by atoms with van der Waals surface area (Å²) in [7, 11) is 0. The number of aromatic nitrogens is 5. The van der Waals surface area contributed by atoms with Crippen molar-refractivity contribution >= 4 is 38.0 Å². The van der Waals surface area contributed by atoms with E-state index in [0.29, 0.717) is 29.1 Å². The number of imidazole rings is 1. The number of fused-ring (bicyclic) bond motifs is 2. The maximum absolute atomic E-state index is 14.4. The molecular weight excluding hydrogens is 416 g/mol. The lowest BCUT2D eigenvalue weighted by atomic mass is 9.85. The van der Waals surface area contributed by atoms with Gasteiger partial charge in [0.05, 0.1) is 11.9 Å². The minimum atomic E-state index is -0.900. The van der Waals surface area contributed by atoms with Crippen LogP contribution in [0.15, 0.2) is 35.3 Å². The molecule has 0 amide bonds. The highest BCUT2D eigenvalue weighted by Gasteiger charge is 2.27. The predicted octanol–water partition coefficient (Wildman–Crippen LogP) is 4.73. The van der Waals surface area contributed by atoms with Gasteiger partial charge in [-0.15, -0.1) is 0 Å². The van der Waals surface area contributed by atoms with Crippen LogP contribution >= 0.6 is 15.9 Å². The van der Waals surface area contributed by atoms with E-state index in [-0.39, 0.29) is 9.99 Å². The molecule has 3 aromatic heterocycles. The lowest BCUT2D eigenvalue weighted by molar-refractivity contribution is 0.391. The smallest absolute Gasteiger partial charge is 0.197 e. The first-order valence-electron chi connectivity index (χ1n) is 8.71. The summed E-state index contributed by atoms with van der Waals surface area (Å²) < 4.78 is 30.4. The number of benzene rings is 1. The van der Waals surface area contributed by atoms with Gasteiger partial charge in [-0.1, -0.05) is 12.5 Å². The Bertz CT molecular complexity index is 1190. The normalized spacial score (nSPS) is 14.8. The third-order valence-electron chi connectivity index (χ3n) is 5.19. The number of hydrogen-bond donors (Lipinski definition) is 0. The first-order valence-corrected chi connectivity index (χ1v) is 9.51. The molecule has 0 aliphatic heterocycles. The Morgan fingerprint density at radius 1 is 1.11 bits per heavy atom. The molecule has 136 valence electrons. The number of nitrogens with zero attached hydrogens (tertiary/aromatic N) is 5. The lowest BCUT2D eigenvalue weighted by Gasteiger charge is -2.25. The van der Waals surface area contributed by atoms with Crippen molar-refractivity contribution in [1.82, 2.24) is 24.5 Å². The zero-order chi connectivity index (χ0) is 18.5. The second-order valence-electron chi connectivity index (χ2n) is 6.75. The standard InChI is InChI=1S/C19H14BrF2N5/c20-16-14-12(4-5-13(21)15(14)22)11(8-25-16)9-27-18(10-2-1-3-10)26-17-19(27)24-7-6-23-17/h4-8,10H,1-3,9H2. The molecule has 0 atom stereocenters. The molecule has 0 N–H and O–H groups in total. The number of pyridine rings is 1. The van der Waals surface area contributed by atoms with E-state index in [2.05, 4.69) is 35.9 Å². The number of rotatable bonds is 3. The Kier molecular flexibility index (Phi) is 3.89. The fraction of sp³-hybridized carbons (Fsp3) is 0.263. The summed E-state index contributed by atoms with van der Waals surface area (Å²) in [4.78, 5) is 17.7. The highest BCUT2D eigenvalue weighted by atomic mass is 79.9. The van der Waals surface area contributed by atoms with Crippen molar-refractivity contribution in [2.24, 2.45) is 0 Å². The molecule has 8 heteroatoms. The maximum Gasteiger partial charge on any atom is 0.197 e. The molecule has 1 fully saturated rings. The van der Waals surface area contributed by atoms with Gasteiger partial charge in [-0.25, -0.2) is 28.7 Å². The molecule has 0 radical (unpaired) electrons. The van der Waals surface area contributed by atoms with E-state index in [1.807, 2.05) is 4.57 Å². The van der Waals surface area contributed by atoms with Crippen LogP contribution in [0.4, 0.5) is 8.78 Å². The van der Waals surface area contributed by atoms with Crippen molar-refractivity contribution in [1.29, 1.82) is 0 Å². The van der Waals surface area contributed by atoms with E-state index >= 15 is 0 Å². The van der Waals surface area contributed by atoms with Gasteiger partial charge in [-0.3, -0.25) is 0 Å². The molecule has 0 spiro atoms. The molecule has 1 aliphatic carbocycles. The van der Waals surface area contributed by atoms with E-state index in [4.69, 9.17) is 0 Å². The topological polar surface area (TPSA) is 56.5 Å². The third-order valence-corrected chi connectivity index (χ3v) is 5.79. The number of halogens is 3. The van der Waals surface area contributed by atoms with Gasteiger partial charge in [0.1, 0.15) is 10.4 Å². The predicted molar refractivity (Wildman–Crippen MR) is 100 cm³/mol. The van der Waals surface area contributed by atoms with Gasteiger partial charge in [0, 0.05) is 24.5 Å². The molecule has 1 saturated carbocycles. The highest BCUT2D eigenvalue weighted by molar-refractivity contribution is 9.10. The second kappa shape index (κ2) is 6.30. The summed E-state index contributed by atoms with van der Waals surface area (Å²) in [5.41, 5.74) is 2.07. The van der Waals surface area contributed by atoms with Crippen molar-refractivity contribution < 1.29 is 8.78 Å². The summed E-state index contributed by atoms with van der Waals surface area (Å²) >= 11 is 3.23. The van der Waals surface area contributed by atoms with Crippen LogP contribution < -0.4 is 0 Å². The van der Waals surface area contributed by atoms with Crippen LogP contribution in [0.3, 0.4) is 0 Å². The summed E-state index contributed by atoms with van der Waals surface area (Å²) in [6.07, 6.45) is 8.29. The molecule has 27 heavy (non-hydrogen) atoms. The minimum absolute atomic E-state index is 0.146. The molecule has 1 aromatic carbocycles. The summed E-state index contributed by atoms with van der Waals surface area (Å²) in [5, 5.41) is 0.759. The second-order valence-corrected chi connectivity index (χ2v) is 7.50. The van der Waals surface area contributed by atoms with E-state index < -0.39 is 11.6 Å². The quantitative estimate of drug-likeness (QED) is 0.441. The van der Waals surface area contributed by atoms with Crippen LogP contribution in [0.25, 0.3) is 22.1 Å². The molecular formula is C19H14BrF2N5. The van der Waals surface area contributed by atoms with Crippen molar-refractivity contribution in [3.05, 3.63) is 58.3 Å². The molecule has 5 rings (SSSR count). The van der Waals surface area contributed by atoms with Gasteiger partial charge in [-0.05, 0) is 45.8 Å². The van der Waals surface area contributed by atoms with Gasteiger partial charge >= 0.3 is 0 Å². The van der Waals surface area contributed by atoms with Gasteiger partial charge in [0.2, 0.25) is 0 Å². The fourth-order valence-corrected chi connectivity index (χ4v) is 4.08. The zero-order valence-electron chi connectivity index (χ0n) is 14.2. The van der Waals surface area contributed by atoms with Crippen LogP contribution in [0.5, 0.6) is 0 Å². The number of hydrogen-bond acceptors (Lipinski definition) is 4. The largest absolute Gasteiger partial charge is 0.306 e. The molecule has 0 bridgehead atoms. The average molecular weight is 430 g/mol. The lowest BCUT2D eigenvalue weighted by Crippen LogP contribution is -2.16. The molecule has 1 aliphatic rings. The van der Waals surface area contributed by atoms with Crippen molar-refractivity contribution in [2.75, 3.05) is 0 Å². The monoisotopic (exact) mass is 429 g/mol. The Hall–Kier alpha value is -2.48. The van der Waals surface area contributed by atoms with E-state index in [1.165, 1.54) is 6.42 Å². The Morgan fingerprint density at radius 3 is 2.70 bits per heavy atom. The Morgan fingerprint density at radius 2 is 1.93 bits per heavy atom. The summed E-state index contributed by atoms with van der Waals surface area (Å²) in [6.45, 7) is 0.420. The first-order chi connectivity index (χ1) is 13.1. The highest BCUT2D eigenvalue weighted by Crippen LogP contribution is 2.37. The summed E-state index contributed by atoms with van der Waals surface area (Å²) in [6, 6.07) is 2.73.